The second kappa shape index (κ2) is 9.26. The number of rotatable bonds is 6. The zero-order valence-electron chi connectivity index (χ0n) is 17.6. The van der Waals surface area contributed by atoms with Crippen molar-refractivity contribution < 1.29 is 4.79 Å². The molecule has 0 aliphatic rings. The zero-order valence-corrected chi connectivity index (χ0v) is 17.6. The summed E-state index contributed by atoms with van der Waals surface area (Å²) in [5.74, 6) is -0.551. The molecule has 1 aromatic heterocycles. The van der Waals surface area contributed by atoms with Gasteiger partial charge in [0.15, 0.2) is 0 Å². The quantitative estimate of drug-likeness (QED) is 0.475. The Balaban J connectivity index is 1.80. The molecule has 0 saturated carbocycles. The van der Waals surface area contributed by atoms with E-state index < -0.39 is 17.2 Å². The van der Waals surface area contributed by atoms with Crippen LogP contribution in [0.2, 0.25) is 0 Å². The third kappa shape index (κ3) is 4.41. The van der Waals surface area contributed by atoms with Crippen LogP contribution in [0.3, 0.4) is 0 Å². The molecule has 0 radical (unpaired) electrons. The van der Waals surface area contributed by atoms with Gasteiger partial charge in [0, 0.05) is 13.6 Å². The highest BCUT2D eigenvalue weighted by Gasteiger charge is 2.23. The highest BCUT2D eigenvalue weighted by Crippen LogP contribution is 2.07. The van der Waals surface area contributed by atoms with Gasteiger partial charge in [-0.2, -0.15) is 9.78 Å². The Labute approximate surface area is 184 Å². The monoisotopic (exact) mass is 426 g/mol. The summed E-state index contributed by atoms with van der Waals surface area (Å²) in [5, 5.41) is 4.19. The van der Waals surface area contributed by atoms with E-state index in [9.17, 15) is 14.4 Å². The lowest BCUT2D eigenvalue weighted by Crippen LogP contribution is -2.46. The van der Waals surface area contributed by atoms with Gasteiger partial charge < -0.3 is 4.90 Å². The molecule has 7 nitrogen and oxygen atoms in total. The Morgan fingerprint density at radius 3 is 1.94 bits per heavy atom. The standard InChI is InChI=1S/C25H22N4O3/c1-27(17-19-11-5-2-6-12-19)23(30)22-24(31)28(18-20-13-7-3-8-14-20)25(32)29(26-22)21-15-9-4-10-16-21/h2-16H,17-18H2,1H3. The molecular weight excluding hydrogens is 404 g/mol. The Hall–Kier alpha value is -4.26. The number of carbonyl (C=O) groups excluding carboxylic acids is 1. The summed E-state index contributed by atoms with van der Waals surface area (Å²) in [6, 6.07) is 27.4. The maximum atomic E-state index is 13.2. The maximum Gasteiger partial charge on any atom is 0.352 e. The lowest BCUT2D eigenvalue weighted by Gasteiger charge is -2.18. The minimum atomic E-state index is -0.712. The molecule has 32 heavy (non-hydrogen) atoms. The van der Waals surface area contributed by atoms with E-state index in [0.29, 0.717) is 12.2 Å². The van der Waals surface area contributed by atoms with Crippen LogP contribution in [0.1, 0.15) is 21.6 Å². The Kier molecular flexibility index (Phi) is 6.07. The molecule has 0 unspecified atom stereocenters. The highest BCUT2D eigenvalue weighted by molar-refractivity contribution is 5.91. The van der Waals surface area contributed by atoms with E-state index in [1.54, 1.807) is 31.3 Å². The van der Waals surface area contributed by atoms with Gasteiger partial charge in [-0.05, 0) is 23.3 Å². The van der Waals surface area contributed by atoms with E-state index in [1.807, 2.05) is 66.7 Å². The van der Waals surface area contributed by atoms with Crippen molar-refractivity contribution in [3.8, 4) is 5.69 Å². The van der Waals surface area contributed by atoms with Crippen LogP contribution in [0, 0.1) is 0 Å². The number of hydrogen-bond acceptors (Lipinski definition) is 4. The van der Waals surface area contributed by atoms with Crippen molar-refractivity contribution in [3.05, 3.63) is 129 Å². The normalized spacial score (nSPS) is 10.7. The van der Waals surface area contributed by atoms with Gasteiger partial charge in [-0.25, -0.2) is 4.79 Å². The van der Waals surface area contributed by atoms with Gasteiger partial charge >= 0.3 is 5.69 Å². The largest absolute Gasteiger partial charge is 0.352 e. The highest BCUT2D eigenvalue weighted by atomic mass is 16.2. The third-order valence-electron chi connectivity index (χ3n) is 5.06. The van der Waals surface area contributed by atoms with Crippen molar-refractivity contribution in [2.75, 3.05) is 7.05 Å². The molecule has 1 heterocycles. The summed E-state index contributed by atoms with van der Waals surface area (Å²) in [6.45, 7) is 0.348. The van der Waals surface area contributed by atoms with Crippen molar-refractivity contribution in [1.29, 1.82) is 0 Å². The van der Waals surface area contributed by atoms with Crippen molar-refractivity contribution >= 4 is 5.91 Å². The molecule has 0 N–H and O–H groups in total. The van der Waals surface area contributed by atoms with Crippen molar-refractivity contribution in [1.82, 2.24) is 19.2 Å². The average molecular weight is 426 g/mol. The molecule has 160 valence electrons. The van der Waals surface area contributed by atoms with Crippen LogP contribution < -0.4 is 11.2 Å². The van der Waals surface area contributed by atoms with Crippen LogP contribution in [0.4, 0.5) is 0 Å². The molecule has 4 rings (SSSR count). The molecular formula is C25H22N4O3. The first-order chi connectivity index (χ1) is 15.5. The van der Waals surface area contributed by atoms with Crippen LogP contribution in [0.25, 0.3) is 5.69 Å². The molecule has 3 aromatic carbocycles. The Morgan fingerprint density at radius 1 is 0.812 bits per heavy atom. The predicted molar refractivity (Wildman–Crippen MR) is 122 cm³/mol. The van der Waals surface area contributed by atoms with Gasteiger partial charge in [0.2, 0.25) is 5.69 Å². The number of aromatic nitrogens is 3. The zero-order chi connectivity index (χ0) is 22.5. The Bertz CT molecular complexity index is 1330. The summed E-state index contributed by atoms with van der Waals surface area (Å²) in [7, 11) is 1.61. The predicted octanol–water partition coefficient (Wildman–Crippen LogP) is 2.71. The number of para-hydroxylation sites is 1. The van der Waals surface area contributed by atoms with Gasteiger partial charge in [0.25, 0.3) is 11.5 Å². The third-order valence-corrected chi connectivity index (χ3v) is 5.06. The number of benzene rings is 3. The fraction of sp³-hybridized carbons (Fsp3) is 0.120. The topological polar surface area (TPSA) is 77.2 Å². The molecule has 0 bridgehead atoms. The first-order valence-electron chi connectivity index (χ1n) is 10.2. The fourth-order valence-electron chi connectivity index (χ4n) is 3.40. The minimum absolute atomic E-state index is 0.0382. The second-order valence-electron chi connectivity index (χ2n) is 7.40. The number of carbonyl (C=O) groups is 1. The van der Waals surface area contributed by atoms with E-state index in [2.05, 4.69) is 5.10 Å². The van der Waals surface area contributed by atoms with Crippen LogP contribution in [0.5, 0.6) is 0 Å². The second-order valence-corrected chi connectivity index (χ2v) is 7.40. The molecule has 4 aromatic rings. The van der Waals surface area contributed by atoms with Gasteiger partial charge in [-0.15, -0.1) is 0 Å². The van der Waals surface area contributed by atoms with E-state index in [1.165, 1.54) is 4.90 Å². The number of amides is 1. The first-order valence-corrected chi connectivity index (χ1v) is 10.2. The number of hydrogen-bond donors (Lipinski definition) is 0. The summed E-state index contributed by atoms with van der Waals surface area (Å²) in [6.07, 6.45) is 0. The van der Waals surface area contributed by atoms with Crippen LogP contribution in [0.15, 0.2) is 101 Å². The summed E-state index contributed by atoms with van der Waals surface area (Å²) >= 11 is 0. The molecule has 0 fully saturated rings. The van der Waals surface area contributed by atoms with Gasteiger partial charge in [0.05, 0.1) is 12.2 Å². The first kappa shape index (κ1) is 21.0. The Morgan fingerprint density at radius 2 is 1.34 bits per heavy atom. The lowest BCUT2D eigenvalue weighted by atomic mass is 10.2. The average Bonchev–Trinajstić information content (AvgIpc) is 2.83. The molecule has 0 saturated heterocycles. The van der Waals surface area contributed by atoms with E-state index in [0.717, 1.165) is 20.4 Å². The van der Waals surface area contributed by atoms with Crippen molar-refractivity contribution in [2.45, 2.75) is 13.1 Å². The lowest BCUT2D eigenvalue weighted by molar-refractivity contribution is 0.0773. The summed E-state index contributed by atoms with van der Waals surface area (Å²) in [4.78, 5) is 41.0. The summed E-state index contributed by atoms with van der Waals surface area (Å²) < 4.78 is 2.16. The van der Waals surface area contributed by atoms with Gasteiger partial charge in [0.1, 0.15) is 0 Å². The SMILES string of the molecule is CN(Cc1ccccc1)C(=O)c1nn(-c2ccccc2)c(=O)n(Cc2ccccc2)c1=O. The summed E-state index contributed by atoms with van der Waals surface area (Å²) in [5.41, 5.74) is 0.544. The van der Waals surface area contributed by atoms with Gasteiger partial charge in [-0.3, -0.25) is 14.2 Å². The van der Waals surface area contributed by atoms with E-state index >= 15 is 0 Å². The smallest absolute Gasteiger partial charge is 0.336 e. The van der Waals surface area contributed by atoms with Crippen molar-refractivity contribution in [2.24, 2.45) is 0 Å². The molecule has 0 spiro atoms. The molecule has 0 aliphatic carbocycles. The molecule has 0 atom stereocenters. The van der Waals surface area contributed by atoms with Gasteiger partial charge in [-0.1, -0.05) is 78.9 Å². The van der Waals surface area contributed by atoms with Crippen molar-refractivity contribution in [3.63, 3.8) is 0 Å². The maximum absolute atomic E-state index is 13.2. The minimum Gasteiger partial charge on any atom is -0.336 e. The number of nitrogens with zero attached hydrogens (tertiary/aromatic N) is 4. The van der Waals surface area contributed by atoms with E-state index in [-0.39, 0.29) is 12.2 Å². The fourth-order valence-corrected chi connectivity index (χ4v) is 3.40. The van der Waals surface area contributed by atoms with E-state index in [4.69, 9.17) is 0 Å². The molecule has 0 aliphatic heterocycles. The van der Waals surface area contributed by atoms with Crippen LogP contribution >= 0.6 is 0 Å². The molecule has 7 heteroatoms. The molecule has 1 amide bonds. The van der Waals surface area contributed by atoms with Crippen LogP contribution in [-0.4, -0.2) is 32.2 Å². The van der Waals surface area contributed by atoms with Crippen LogP contribution in [-0.2, 0) is 13.1 Å².